The smallest absolute Gasteiger partial charge is 0.336 e. The molecule has 1 saturated heterocycles. The molecule has 1 fully saturated rings. The lowest BCUT2D eigenvalue weighted by Gasteiger charge is -2.17. The van der Waals surface area contributed by atoms with Crippen LogP contribution in [-0.2, 0) is 19.1 Å². The fourth-order valence-electron chi connectivity index (χ4n) is 2.58. The second-order valence-corrected chi connectivity index (χ2v) is 7.10. The van der Waals surface area contributed by atoms with Crippen LogP contribution in [0.25, 0.3) is 0 Å². The highest BCUT2D eigenvalue weighted by Gasteiger charge is 2.28. The summed E-state index contributed by atoms with van der Waals surface area (Å²) in [6.45, 7) is 2.12. The number of carbonyl (C=O) groups is 2. The molecule has 1 amide bonds. The minimum atomic E-state index is -0.888. The summed E-state index contributed by atoms with van der Waals surface area (Å²) >= 11 is 1.56. The van der Waals surface area contributed by atoms with E-state index in [9.17, 15) is 9.59 Å². The molecule has 1 N–H and O–H groups in total. The normalized spacial score (nSPS) is 17.5. The van der Waals surface area contributed by atoms with Crippen molar-refractivity contribution in [3.63, 3.8) is 0 Å². The number of benzene rings is 2. The fourth-order valence-corrected chi connectivity index (χ4v) is 3.50. The molecule has 26 heavy (non-hydrogen) atoms. The number of esters is 1. The van der Waals surface area contributed by atoms with Crippen molar-refractivity contribution < 1.29 is 19.1 Å². The Bertz CT molecular complexity index is 759. The molecule has 6 heteroatoms. The summed E-state index contributed by atoms with van der Waals surface area (Å²) in [4.78, 5) is 26.4. The number of nitrogens with one attached hydrogen (secondary N) is 1. The Morgan fingerprint density at radius 1 is 1.15 bits per heavy atom. The third kappa shape index (κ3) is 4.86. The SMILES string of the molecule is C[C@H](OC(=O)[C@@H]1CCCO1)C(=O)Nc1ccccc1Sc1ccccc1. The predicted octanol–water partition coefficient (Wildman–Crippen LogP) is 3.89. The van der Waals surface area contributed by atoms with Crippen molar-refractivity contribution in [3.05, 3.63) is 54.6 Å². The molecule has 136 valence electrons. The van der Waals surface area contributed by atoms with Crippen LogP contribution < -0.4 is 5.32 Å². The third-order valence-corrected chi connectivity index (χ3v) is 5.05. The number of amides is 1. The summed E-state index contributed by atoms with van der Waals surface area (Å²) in [7, 11) is 0. The molecule has 0 spiro atoms. The summed E-state index contributed by atoms with van der Waals surface area (Å²) in [5.41, 5.74) is 0.686. The van der Waals surface area contributed by atoms with Gasteiger partial charge in [-0.3, -0.25) is 4.79 Å². The first-order chi connectivity index (χ1) is 12.6. The van der Waals surface area contributed by atoms with E-state index in [1.165, 1.54) is 0 Å². The maximum Gasteiger partial charge on any atom is 0.336 e. The standard InChI is InChI=1S/C20H21NO4S/c1-14(25-20(23)17-11-7-13-24-17)19(22)21-16-10-5-6-12-18(16)26-15-8-3-2-4-9-15/h2-6,8-10,12,14,17H,7,11,13H2,1H3,(H,21,22)/t14-,17-/m0/s1. The Kier molecular flexibility index (Phi) is 6.30. The molecule has 2 aromatic carbocycles. The Balaban J connectivity index is 1.62. The molecule has 2 atom stereocenters. The van der Waals surface area contributed by atoms with Gasteiger partial charge in [0.1, 0.15) is 0 Å². The Hall–Kier alpha value is -2.31. The second kappa shape index (κ2) is 8.87. The van der Waals surface area contributed by atoms with Crippen LogP contribution in [0.1, 0.15) is 19.8 Å². The fraction of sp³-hybridized carbons (Fsp3) is 0.300. The third-order valence-electron chi connectivity index (χ3n) is 3.97. The van der Waals surface area contributed by atoms with Crippen LogP contribution in [-0.4, -0.2) is 30.7 Å². The Labute approximate surface area is 157 Å². The average molecular weight is 371 g/mol. The highest BCUT2D eigenvalue weighted by molar-refractivity contribution is 7.99. The number of carbonyl (C=O) groups excluding carboxylic acids is 2. The summed E-state index contributed by atoms with van der Waals surface area (Å²) in [6, 6.07) is 17.5. The number of ether oxygens (including phenoxy) is 2. The summed E-state index contributed by atoms with van der Waals surface area (Å²) in [6.07, 6.45) is 0.0429. The summed E-state index contributed by atoms with van der Waals surface area (Å²) in [5.74, 6) is -0.838. The molecule has 0 saturated carbocycles. The molecule has 3 rings (SSSR count). The lowest BCUT2D eigenvalue weighted by molar-refractivity contribution is -0.162. The molecule has 0 radical (unpaired) electrons. The zero-order valence-electron chi connectivity index (χ0n) is 14.5. The number of para-hydroxylation sites is 1. The zero-order chi connectivity index (χ0) is 18.4. The number of rotatable bonds is 6. The van der Waals surface area contributed by atoms with Crippen LogP contribution in [0.4, 0.5) is 5.69 Å². The first kappa shape index (κ1) is 18.5. The minimum Gasteiger partial charge on any atom is -0.451 e. The number of hydrogen-bond acceptors (Lipinski definition) is 5. The van der Waals surface area contributed by atoms with Crippen molar-refractivity contribution in [1.82, 2.24) is 0 Å². The highest BCUT2D eigenvalue weighted by atomic mass is 32.2. The van der Waals surface area contributed by atoms with Gasteiger partial charge in [0.25, 0.3) is 5.91 Å². The van der Waals surface area contributed by atoms with Gasteiger partial charge in [-0.05, 0) is 44.0 Å². The van der Waals surface area contributed by atoms with Crippen LogP contribution in [0.3, 0.4) is 0 Å². The Morgan fingerprint density at radius 2 is 1.88 bits per heavy atom. The molecule has 2 aromatic rings. The van der Waals surface area contributed by atoms with Crippen LogP contribution in [0.15, 0.2) is 64.4 Å². The molecule has 1 aliphatic rings. The lowest BCUT2D eigenvalue weighted by Crippen LogP contribution is -2.34. The van der Waals surface area contributed by atoms with Gasteiger partial charge in [0.05, 0.1) is 5.69 Å². The maximum absolute atomic E-state index is 12.4. The average Bonchev–Trinajstić information content (AvgIpc) is 3.19. The van der Waals surface area contributed by atoms with Crippen LogP contribution in [0.2, 0.25) is 0 Å². The first-order valence-corrected chi connectivity index (χ1v) is 9.40. The van der Waals surface area contributed by atoms with E-state index in [1.54, 1.807) is 18.7 Å². The minimum absolute atomic E-state index is 0.363. The van der Waals surface area contributed by atoms with Crippen molar-refractivity contribution in [3.8, 4) is 0 Å². The molecule has 0 bridgehead atoms. The van der Waals surface area contributed by atoms with E-state index in [-0.39, 0.29) is 5.91 Å². The van der Waals surface area contributed by atoms with Crippen molar-refractivity contribution >= 4 is 29.3 Å². The van der Waals surface area contributed by atoms with E-state index in [4.69, 9.17) is 9.47 Å². The largest absolute Gasteiger partial charge is 0.451 e. The first-order valence-electron chi connectivity index (χ1n) is 8.58. The van der Waals surface area contributed by atoms with Gasteiger partial charge >= 0.3 is 5.97 Å². The van der Waals surface area contributed by atoms with E-state index in [1.807, 2.05) is 54.6 Å². The van der Waals surface area contributed by atoms with Crippen LogP contribution >= 0.6 is 11.8 Å². The zero-order valence-corrected chi connectivity index (χ0v) is 15.3. The van der Waals surface area contributed by atoms with Crippen molar-refractivity contribution in [1.29, 1.82) is 0 Å². The lowest BCUT2D eigenvalue weighted by atomic mass is 10.2. The van der Waals surface area contributed by atoms with Gasteiger partial charge in [0, 0.05) is 16.4 Å². The van der Waals surface area contributed by atoms with Crippen molar-refractivity contribution in [2.75, 3.05) is 11.9 Å². The molecular weight excluding hydrogens is 350 g/mol. The predicted molar refractivity (Wildman–Crippen MR) is 100 cm³/mol. The second-order valence-electron chi connectivity index (χ2n) is 5.98. The topological polar surface area (TPSA) is 64.6 Å². The maximum atomic E-state index is 12.4. The van der Waals surface area contributed by atoms with E-state index < -0.39 is 18.2 Å². The van der Waals surface area contributed by atoms with E-state index in [2.05, 4.69) is 5.32 Å². The van der Waals surface area contributed by atoms with Gasteiger partial charge in [-0.2, -0.15) is 0 Å². The molecular formula is C20H21NO4S. The summed E-state index contributed by atoms with van der Waals surface area (Å²) < 4.78 is 10.5. The molecule has 0 unspecified atom stereocenters. The summed E-state index contributed by atoms with van der Waals surface area (Å²) in [5, 5.41) is 2.85. The van der Waals surface area contributed by atoms with Crippen molar-refractivity contribution in [2.24, 2.45) is 0 Å². The monoisotopic (exact) mass is 371 g/mol. The van der Waals surface area contributed by atoms with E-state index in [0.29, 0.717) is 18.7 Å². The number of anilines is 1. The number of hydrogen-bond donors (Lipinski definition) is 1. The van der Waals surface area contributed by atoms with Crippen LogP contribution in [0, 0.1) is 0 Å². The molecule has 1 aliphatic heterocycles. The molecule has 0 aliphatic carbocycles. The highest BCUT2D eigenvalue weighted by Crippen LogP contribution is 2.33. The van der Waals surface area contributed by atoms with Gasteiger partial charge in [0.15, 0.2) is 12.2 Å². The van der Waals surface area contributed by atoms with Gasteiger partial charge in [0.2, 0.25) is 0 Å². The molecule has 0 aromatic heterocycles. The Morgan fingerprint density at radius 3 is 2.62 bits per heavy atom. The molecule has 1 heterocycles. The quantitative estimate of drug-likeness (QED) is 0.781. The van der Waals surface area contributed by atoms with Gasteiger partial charge in [-0.1, -0.05) is 42.1 Å². The van der Waals surface area contributed by atoms with Crippen molar-refractivity contribution in [2.45, 2.75) is 41.8 Å². The van der Waals surface area contributed by atoms with Gasteiger partial charge in [-0.25, -0.2) is 4.79 Å². The molecule has 5 nitrogen and oxygen atoms in total. The van der Waals surface area contributed by atoms with Crippen LogP contribution in [0.5, 0.6) is 0 Å². The van der Waals surface area contributed by atoms with Gasteiger partial charge in [-0.15, -0.1) is 0 Å². The van der Waals surface area contributed by atoms with E-state index >= 15 is 0 Å². The van der Waals surface area contributed by atoms with E-state index in [0.717, 1.165) is 16.2 Å². The van der Waals surface area contributed by atoms with Gasteiger partial charge < -0.3 is 14.8 Å².